The highest BCUT2D eigenvalue weighted by molar-refractivity contribution is 6.35. The Morgan fingerprint density at radius 3 is 2.62 bits per heavy atom. The molecule has 0 bridgehead atoms. The second kappa shape index (κ2) is 9.95. The number of anilines is 1. The highest BCUT2D eigenvalue weighted by atomic mass is 35.5. The molecule has 4 heterocycles. The fraction of sp³-hybridized carbons (Fsp3) is 0.444. The number of likely N-dealkylation sites (N-methyl/N-ethyl adjacent to an activating group) is 1. The number of benzene rings is 1. The minimum absolute atomic E-state index is 0.0268. The molecule has 2 aromatic rings. The number of carbonyl (C=O) groups excluding carboxylic acids is 2. The lowest BCUT2D eigenvalue weighted by atomic mass is 10.0. The molecule has 2 saturated heterocycles. The molecule has 8 nitrogen and oxygen atoms in total. The van der Waals surface area contributed by atoms with Crippen LogP contribution >= 0.6 is 11.6 Å². The number of hydrogen-bond acceptors (Lipinski definition) is 6. The van der Waals surface area contributed by atoms with Crippen LogP contribution in [0.3, 0.4) is 0 Å². The molecule has 3 aliphatic rings. The number of nitrogens with zero attached hydrogens (tertiary/aromatic N) is 5. The van der Waals surface area contributed by atoms with Crippen molar-refractivity contribution < 1.29 is 18.7 Å². The zero-order chi connectivity index (χ0) is 26.4. The van der Waals surface area contributed by atoms with E-state index in [4.69, 9.17) is 21.3 Å². The van der Waals surface area contributed by atoms with Gasteiger partial charge in [0.1, 0.15) is 28.8 Å². The number of rotatable bonds is 3. The standard InChI is InChI=1S/C27H31ClFN5O3/c1-5-21(35)32-11-13-34-18(14-32)15-37-25-22(27(34)36)26(33-12-10-31(4)16(2)17(33)3)30-24(23(25)28)19-8-6-7-9-20(19)29/h5-9,16-18H,1,10-15H2,2-4H3/t16?,17?,18-/m1/s1. The molecule has 2 amide bonds. The van der Waals surface area contributed by atoms with Gasteiger partial charge in [-0.3, -0.25) is 14.5 Å². The Morgan fingerprint density at radius 2 is 1.89 bits per heavy atom. The Labute approximate surface area is 221 Å². The number of aromatic nitrogens is 1. The SMILES string of the molecule is C=CC(=O)N1CCN2C(=O)c3c(N4CCN(C)C(C)C4C)nc(-c4ccccc4F)c(Cl)c3OC[C@H]2C1. The Hall–Kier alpha value is -3.17. The van der Waals surface area contributed by atoms with Gasteiger partial charge in [-0.2, -0.15) is 0 Å². The zero-order valence-electron chi connectivity index (χ0n) is 21.3. The van der Waals surface area contributed by atoms with Gasteiger partial charge in [-0.15, -0.1) is 0 Å². The van der Waals surface area contributed by atoms with Crippen molar-refractivity contribution in [3.8, 4) is 17.0 Å². The molecule has 0 radical (unpaired) electrons. The van der Waals surface area contributed by atoms with Crippen molar-refractivity contribution in [3.63, 3.8) is 0 Å². The van der Waals surface area contributed by atoms with E-state index in [1.54, 1.807) is 28.0 Å². The van der Waals surface area contributed by atoms with Crippen LogP contribution in [0.5, 0.6) is 5.75 Å². The first-order valence-electron chi connectivity index (χ1n) is 12.5. The van der Waals surface area contributed by atoms with Crippen LogP contribution in [0.25, 0.3) is 11.3 Å². The Morgan fingerprint density at radius 1 is 1.16 bits per heavy atom. The molecule has 0 spiro atoms. The van der Waals surface area contributed by atoms with E-state index in [1.807, 2.05) is 0 Å². The number of halogens is 2. The van der Waals surface area contributed by atoms with E-state index in [-0.39, 0.29) is 58.6 Å². The monoisotopic (exact) mass is 527 g/mol. The number of piperazine rings is 2. The summed E-state index contributed by atoms with van der Waals surface area (Å²) in [4.78, 5) is 39.0. The highest BCUT2D eigenvalue weighted by Gasteiger charge is 2.42. The van der Waals surface area contributed by atoms with Gasteiger partial charge in [0.15, 0.2) is 5.75 Å². The van der Waals surface area contributed by atoms with Gasteiger partial charge in [-0.05, 0) is 39.1 Å². The number of ether oxygens (including phenoxy) is 1. The van der Waals surface area contributed by atoms with Crippen LogP contribution < -0.4 is 9.64 Å². The van der Waals surface area contributed by atoms with Gasteiger partial charge in [-0.1, -0.05) is 30.3 Å². The van der Waals surface area contributed by atoms with Gasteiger partial charge in [0, 0.05) is 50.4 Å². The molecule has 196 valence electrons. The molecule has 1 aromatic heterocycles. The molecule has 0 aliphatic carbocycles. The number of carbonyl (C=O) groups is 2. The van der Waals surface area contributed by atoms with Crippen LogP contribution in [0.2, 0.25) is 5.02 Å². The largest absolute Gasteiger partial charge is 0.489 e. The van der Waals surface area contributed by atoms with E-state index < -0.39 is 5.82 Å². The molecule has 3 aliphatic heterocycles. The first-order chi connectivity index (χ1) is 17.7. The van der Waals surface area contributed by atoms with E-state index in [1.165, 1.54) is 12.1 Å². The predicted molar refractivity (Wildman–Crippen MR) is 141 cm³/mol. The fourth-order valence-corrected chi connectivity index (χ4v) is 5.71. The van der Waals surface area contributed by atoms with E-state index in [0.717, 1.165) is 6.54 Å². The summed E-state index contributed by atoms with van der Waals surface area (Å²) in [6, 6.07) is 6.17. The Bertz CT molecular complexity index is 1260. The van der Waals surface area contributed by atoms with Crippen molar-refractivity contribution in [2.45, 2.75) is 32.0 Å². The molecule has 1 aromatic carbocycles. The molecule has 0 saturated carbocycles. The minimum Gasteiger partial charge on any atom is -0.489 e. The second-order valence-corrected chi connectivity index (χ2v) is 10.3. The van der Waals surface area contributed by atoms with Gasteiger partial charge in [0.2, 0.25) is 5.91 Å². The van der Waals surface area contributed by atoms with Crippen LogP contribution in [0, 0.1) is 5.82 Å². The molecule has 2 fully saturated rings. The zero-order valence-corrected chi connectivity index (χ0v) is 22.0. The maximum Gasteiger partial charge on any atom is 0.261 e. The van der Waals surface area contributed by atoms with Crippen LogP contribution in [-0.4, -0.2) is 96.0 Å². The molecular weight excluding hydrogens is 497 g/mol. The van der Waals surface area contributed by atoms with Gasteiger partial charge < -0.3 is 19.4 Å². The summed E-state index contributed by atoms with van der Waals surface area (Å²) in [5.41, 5.74) is 0.773. The molecular formula is C27H31ClFN5O3. The molecule has 10 heteroatoms. The summed E-state index contributed by atoms with van der Waals surface area (Å²) in [6.45, 7) is 10.4. The summed E-state index contributed by atoms with van der Waals surface area (Å²) >= 11 is 6.84. The normalized spacial score (nSPS) is 24.2. The molecule has 0 N–H and O–H groups in total. The number of hydrogen-bond donors (Lipinski definition) is 0. The van der Waals surface area contributed by atoms with Crippen LogP contribution in [0.15, 0.2) is 36.9 Å². The van der Waals surface area contributed by atoms with Crippen molar-refractivity contribution in [2.24, 2.45) is 0 Å². The third kappa shape index (κ3) is 4.34. The van der Waals surface area contributed by atoms with Crippen LogP contribution in [0.1, 0.15) is 24.2 Å². The van der Waals surface area contributed by atoms with Crippen molar-refractivity contribution in [1.82, 2.24) is 19.7 Å². The van der Waals surface area contributed by atoms with E-state index in [9.17, 15) is 14.0 Å². The van der Waals surface area contributed by atoms with Gasteiger partial charge in [0.25, 0.3) is 5.91 Å². The van der Waals surface area contributed by atoms with Crippen molar-refractivity contribution in [3.05, 3.63) is 53.3 Å². The fourth-order valence-electron chi connectivity index (χ4n) is 5.42. The van der Waals surface area contributed by atoms with E-state index >= 15 is 0 Å². The average molecular weight is 528 g/mol. The topological polar surface area (TPSA) is 69.2 Å². The third-order valence-electron chi connectivity index (χ3n) is 7.92. The summed E-state index contributed by atoms with van der Waals surface area (Å²) in [5.74, 6) is -0.230. The Balaban J connectivity index is 1.66. The number of pyridine rings is 1. The van der Waals surface area contributed by atoms with Gasteiger partial charge >= 0.3 is 0 Å². The lowest BCUT2D eigenvalue weighted by Gasteiger charge is -2.45. The summed E-state index contributed by atoms with van der Waals surface area (Å²) in [5, 5.41) is 0.103. The molecule has 2 unspecified atom stereocenters. The van der Waals surface area contributed by atoms with E-state index in [0.29, 0.717) is 37.6 Å². The molecule has 3 atom stereocenters. The molecule has 37 heavy (non-hydrogen) atoms. The first kappa shape index (κ1) is 25.5. The summed E-state index contributed by atoms with van der Waals surface area (Å²) in [6.07, 6.45) is 1.28. The minimum atomic E-state index is -0.460. The highest BCUT2D eigenvalue weighted by Crippen LogP contribution is 2.44. The number of fused-ring (bicyclic) bond motifs is 2. The lowest BCUT2D eigenvalue weighted by Crippen LogP contribution is -2.58. The van der Waals surface area contributed by atoms with Crippen molar-refractivity contribution in [2.75, 3.05) is 51.3 Å². The molecule has 5 rings (SSSR count). The third-order valence-corrected chi connectivity index (χ3v) is 8.27. The maximum absolute atomic E-state index is 14.9. The van der Waals surface area contributed by atoms with E-state index in [2.05, 4.69) is 37.3 Å². The van der Waals surface area contributed by atoms with Crippen LogP contribution in [-0.2, 0) is 4.79 Å². The number of amides is 2. The average Bonchev–Trinajstić information content (AvgIpc) is 3.05. The first-order valence-corrected chi connectivity index (χ1v) is 12.9. The second-order valence-electron chi connectivity index (χ2n) is 9.89. The quantitative estimate of drug-likeness (QED) is 0.571. The summed E-state index contributed by atoms with van der Waals surface area (Å²) < 4.78 is 21.2. The smallest absolute Gasteiger partial charge is 0.261 e. The van der Waals surface area contributed by atoms with Crippen molar-refractivity contribution >= 4 is 29.2 Å². The maximum atomic E-state index is 14.9. The van der Waals surface area contributed by atoms with Crippen LogP contribution in [0.4, 0.5) is 10.2 Å². The Kier molecular flexibility index (Phi) is 6.85. The van der Waals surface area contributed by atoms with Crippen molar-refractivity contribution in [1.29, 1.82) is 0 Å². The summed E-state index contributed by atoms with van der Waals surface area (Å²) in [7, 11) is 2.07. The van der Waals surface area contributed by atoms with Gasteiger partial charge in [-0.25, -0.2) is 9.37 Å². The van der Waals surface area contributed by atoms with Gasteiger partial charge in [0.05, 0.1) is 11.7 Å². The predicted octanol–water partition coefficient (Wildman–Crippen LogP) is 3.30. The lowest BCUT2D eigenvalue weighted by molar-refractivity contribution is -0.128.